The van der Waals surface area contributed by atoms with Crippen LogP contribution in [0.3, 0.4) is 0 Å². The molecule has 0 spiro atoms. The van der Waals surface area contributed by atoms with Gasteiger partial charge in [-0.15, -0.1) is 0 Å². The summed E-state index contributed by atoms with van der Waals surface area (Å²) >= 11 is 0. The van der Waals surface area contributed by atoms with E-state index >= 15 is 0 Å². The second-order valence-electron chi connectivity index (χ2n) is 5.56. The third-order valence-corrected chi connectivity index (χ3v) is 3.36. The highest BCUT2D eigenvalue weighted by Gasteiger charge is 2.49. The van der Waals surface area contributed by atoms with E-state index in [2.05, 4.69) is 5.32 Å². The Morgan fingerprint density at radius 1 is 0.917 bits per heavy atom. The molecule has 24 heavy (non-hydrogen) atoms. The summed E-state index contributed by atoms with van der Waals surface area (Å²) in [6.07, 6.45) is -3.40. The zero-order chi connectivity index (χ0) is 18.4. The highest BCUT2D eigenvalue weighted by molar-refractivity contribution is 5.73. The molecule has 0 aromatic carbocycles. The maximum Gasteiger partial charge on any atom is 0.303 e. The minimum Gasteiger partial charge on any atom is -0.463 e. The van der Waals surface area contributed by atoms with Crippen LogP contribution in [-0.4, -0.2) is 60.9 Å². The molecule has 0 aromatic heterocycles. The number of rotatable bonds is 5. The van der Waals surface area contributed by atoms with Crippen LogP contribution < -0.4 is 5.32 Å². The largest absolute Gasteiger partial charge is 0.463 e. The van der Waals surface area contributed by atoms with Gasteiger partial charge < -0.3 is 24.3 Å². The monoisotopic (exact) mass is 345 g/mol. The van der Waals surface area contributed by atoms with Crippen LogP contribution in [0.15, 0.2) is 0 Å². The van der Waals surface area contributed by atoms with Crippen molar-refractivity contribution in [3.05, 3.63) is 0 Å². The third-order valence-electron chi connectivity index (χ3n) is 3.36. The van der Waals surface area contributed by atoms with Gasteiger partial charge in [0.1, 0.15) is 12.7 Å². The van der Waals surface area contributed by atoms with Crippen molar-refractivity contribution in [1.82, 2.24) is 5.32 Å². The summed E-state index contributed by atoms with van der Waals surface area (Å²) in [5.74, 6) is -2.11. The molecule has 1 aliphatic rings. The summed E-state index contributed by atoms with van der Waals surface area (Å²) < 4.78 is 21.1. The van der Waals surface area contributed by atoms with E-state index < -0.39 is 48.4 Å². The van der Waals surface area contributed by atoms with E-state index in [-0.39, 0.29) is 12.5 Å². The minimum atomic E-state index is -1.03. The first-order valence-corrected chi connectivity index (χ1v) is 7.52. The lowest BCUT2D eigenvalue weighted by Gasteiger charge is -2.44. The normalized spacial score (nSPS) is 29.3. The number of amides is 1. The van der Waals surface area contributed by atoms with E-state index in [1.807, 2.05) is 0 Å². The van der Waals surface area contributed by atoms with Gasteiger partial charge in [-0.1, -0.05) is 0 Å². The average Bonchev–Trinajstić information content (AvgIpc) is 2.42. The van der Waals surface area contributed by atoms with Gasteiger partial charge in [0.15, 0.2) is 12.2 Å². The van der Waals surface area contributed by atoms with Gasteiger partial charge in [-0.3, -0.25) is 19.2 Å². The zero-order valence-electron chi connectivity index (χ0n) is 14.4. The molecule has 1 aliphatic heterocycles. The van der Waals surface area contributed by atoms with Crippen molar-refractivity contribution in [2.75, 3.05) is 6.61 Å². The molecule has 0 saturated carbocycles. The van der Waals surface area contributed by atoms with Gasteiger partial charge >= 0.3 is 17.9 Å². The van der Waals surface area contributed by atoms with Gasteiger partial charge in [0.2, 0.25) is 5.91 Å². The maximum absolute atomic E-state index is 11.5. The third kappa shape index (κ3) is 5.80. The topological polar surface area (TPSA) is 117 Å². The molecule has 1 amide bonds. The van der Waals surface area contributed by atoms with Crippen LogP contribution in [0.4, 0.5) is 0 Å². The predicted molar refractivity (Wildman–Crippen MR) is 79.7 cm³/mol. The maximum atomic E-state index is 11.5. The molecule has 1 heterocycles. The number of ether oxygens (including phenoxy) is 4. The Kier molecular flexibility index (Phi) is 7.15. The van der Waals surface area contributed by atoms with Gasteiger partial charge in [-0.2, -0.15) is 0 Å². The molecule has 5 unspecified atom stereocenters. The lowest BCUT2D eigenvalue weighted by atomic mass is 9.92. The van der Waals surface area contributed by atoms with Crippen LogP contribution in [-0.2, 0) is 38.1 Å². The summed E-state index contributed by atoms with van der Waals surface area (Å²) in [7, 11) is 0. The fraction of sp³-hybridized carbons (Fsp3) is 0.733. The number of carbonyl (C=O) groups excluding carboxylic acids is 4. The number of carbonyl (C=O) groups is 4. The van der Waals surface area contributed by atoms with Crippen molar-refractivity contribution >= 4 is 23.8 Å². The van der Waals surface area contributed by atoms with Gasteiger partial charge in [-0.05, 0) is 6.92 Å². The molecule has 1 N–H and O–H groups in total. The SMILES string of the molecule is CC(=O)NC1C(C)OC(COC(C)=O)C(OC(C)=O)C1OC(C)=O. The Labute approximate surface area is 139 Å². The van der Waals surface area contributed by atoms with Crippen LogP contribution >= 0.6 is 0 Å². The van der Waals surface area contributed by atoms with E-state index in [9.17, 15) is 19.2 Å². The second kappa shape index (κ2) is 8.62. The predicted octanol–water partition coefficient (Wildman–Crippen LogP) is -0.295. The molecule has 0 aliphatic carbocycles. The number of nitrogens with one attached hydrogen (secondary N) is 1. The molecular weight excluding hydrogens is 322 g/mol. The first kappa shape index (κ1) is 19.9. The van der Waals surface area contributed by atoms with E-state index in [0.717, 1.165) is 0 Å². The summed E-state index contributed by atoms with van der Waals surface area (Å²) in [6, 6.07) is -0.718. The van der Waals surface area contributed by atoms with E-state index in [1.54, 1.807) is 6.92 Å². The lowest BCUT2D eigenvalue weighted by molar-refractivity contribution is -0.221. The summed E-state index contributed by atoms with van der Waals surface area (Å²) in [4.78, 5) is 45.3. The van der Waals surface area contributed by atoms with Crippen molar-refractivity contribution in [2.24, 2.45) is 0 Å². The molecule has 1 fully saturated rings. The van der Waals surface area contributed by atoms with Crippen LogP contribution in [0, 0.1) is 0 Å². The van der Waals surface area contributed by atoms with Crippen molar-refractivity contribution in [1.29, 1.82) is 0 Å². The van der Waals surface area contributed by atoms with Crippen LogP contribution in [0.25, 0.3) is 0 Å². The molecule has 1 saturated heterocycles. The highest BCUT2D eigenvalue weighted by atomic mass is 16.6. The lowest BCUT2D eigenvalue weighted by Crippen LogP contribution is -2.65. The minimum absolute atomic E-state index is 0.178. The molecule has 0 radical (unpaired) electrons. The highest BCUT2D eigenvalue weighted by Crippen LogP contribution is 2.26. The standard InChI is InChI=1S/C15H23NO8/c1-7-13(16-8(2)17)15(24-11(5)20)14(23-10(4)19)12(22-7)6-21-9(3)18/h7,12-15H,6H2,1-5H3,(H,16,17). The fourth-order valence-electron chi connectivity index (χ4n) is 2.56. The molecule has 0 aromatic rings. The van der Waals surface area contributed by atoms with Gasteiger partial charge in [0, 0.05) is 27.7 Å². The fourth-order valence-corrected chi connectivity index (χ4v) is 2.56. The Bertz CT molecular complexity index is 506. The van der Waals surface area contributed by atoms with Crippen molar-refractivity contribution in [3.63, 3.8) is 0 Å². The molecule has 0 bridgehead atoms. The number of hydrogen-bond donors (Lipinski definition) is 1. The molecule has 1 rings (SSSR count). The molecule has 136 valence electrons. The first-order chi connectivity index (χ1) is 11.1. The molecular formula is C15H23NO8. The Hall–Kier alpha value is -2.16. The van der Waals surface area contributed by atoms with Crippen LogP contribution in [0.2, 0.25) is 0 Å². The van der Waals surface area contributed by atoms with Gasteiger partial charge in [0.05, 0.1) is 12.1 Å². The van der Waals surface area contributed by atoms with Crippen LogP contribution in [0.5, 0.6) is 0 Å². The zero-order valence-corrected chi connectivity index (χ0v) is 14.4. The Morgan fingerprint density at radius 3 is 1.92 bits per heavy atom. The van der Waals surface area contributed by atoms with E-state index in [4.69, 9.17) is 18.9 Å². The summed E-state index contributed by atoms with van der Waals surface area (Å²) in [6.45, 7) is 6.43. The summed E-state index contributed by atoms with van der Waals surface area (Å²) in [5, 5.41) is 2.64. The Balaban J connectivity index is 3.11. The van der Waals surface area contributed by atoms with Crippen molar-refractivity contribution in [3.8, 4) is 0 Å². The quantitative estimate of drug-likeness (QED) is 0.533. The second-order valence-corrected chi connectivity index (χ2v) is 5.56. The number of esters is 3. The molecule has 9 nitrogen and oxygen atoms in total. The number of hydrogen-bond acceptors (Lipinski definition) is 8. The van der Waals surface area contributed by atoms with E-state index in [0.29, 0.717) is 0 Å². The molecule has 5 atom stereocenters. The first-order valence-electron chi connectivity index (χ1n) is 7.52. The van der Waals surface area contributed by atoms with Gasteiger partial charge in [-0.25, -0.2) is 0 Å². The van der Waals surface area contributed by atoms with Crippen molar-refractivity contribution in [2.45, 2.75) is 65.1 Å². The average molecular weight is 345 g/mol. The summed E-state index contributed by atoms with van der Waals surface area (Å²) in [5.41, 5.74) is 0. The Morgan fingerprint density at radius 2 is 1.46 bits per heavy atom. The molecule has 9 heteroatoms. The van der Waals surface area contributed by atoms with Gasteiger partial charge in [0.25, 0.3) is 0 Å². The van der Waals surface area contributed by atoms with Crippen LogP contribution in [0.1, 0.15) is 34.6 Å². The van der Waals surface area contributed by atoms with E-state index in [1.165, 1.54) is 27.7 Å². The smallest absolute Gasteiger partial charge is 0.303 e. The van der Waals surface area contributed by atoms with Crippen molar-refractivity contribution < 1.29 is 38.1 Å².